The van der Waals surface area contributed by atoms with Crippen LogP contribution in [0.25, 0.3) is 0 Å². The van der Waals surface area contributed by atoms with E-state index in [2.05, 4.69) is 10.3 Å². The van der Waals surface area contributed by atoms with Crippen LogP contribution in [0.15, 0.2) is 12.3 Å². The van der Waals surface area contributed by atoms with Crippen LogP contribution in [0.5, 0.6) is 5.88 Å². The standard InChI is InChI=1S/C15H23FN2O2/c1-15(2,3)20-7-6-19-14-11(8-12(16)10-18-14)9-17-13-4-5-13/h8,10,13,17H,4-7,9H2,1-3H3. The SMILES string of the molecule is CC(C)(C)OCCOc1ncc(F)cc1CNC1CC1. The molecule has 0 aromatic carbocycles. The number of pyridine rings is 1. The maximum Gasteiger partial charge on any atom is 0.218 e. The van der Waals surface area contributed by atoms with Gasteiger partial charge in [-0.05, 0) is 39.7 Å². The molecule has 2 rings (SSSR count). The maximum atomic E-state index is 13.3. The van der Waals surface area contributed by atoms with E-state index in [9.17, 15) is 4.39 Å². The number of nitrogens with one attached hydrogen (secondary N) is 1. The Labute approximate surface area is 119 Å². The molecule has 0 atom stereocenters. The van der Waals surface area contributed by atoms with Gasteiger partial charge in [-0.25, -0.2) is 9.37 Å². The molecule has 0 radical (unpaired) electrons. The summed E-state index contributed by atoms with van der Waals surface area (Å²) in [5.74, 6) is 0.146. The van der Waals surface area contributed by atoms with Gasteiger partial charge in [0.05, 0.1) is 18.4 Å². The third-order valence-corrected chi connectivity index (χ3v) is 2.91. The predicted molar refractivity (Wildman–Crippen MR) is 75.3 cm³/mol. The molecule has 4 nitrogen and oxygen atoms in total. The Hall–Kier alpha value is -1.20. The molecular weight excluding hydrogens is 259 g/mol. The first kappa shape index (κ1) is 15.2. The van der Waals surface area contributed by atoms with Crippen LogP contribution >= 0.6 is 0 Å². The summed E-state index contributed by atoms with van der Waals surface area (Å²) in [6, 6.07) is 2.04. The highest BCUT2D eigenvalue weighted by Gasteiger charge is 2.21. The van der Waals surface area contributed by atoms with E-state index >= 15 is 0 Å². The van der Waals surface area contributed by atoms with Crippen molar-refractivity contribution >= 4 is 0 Å². The average Bonchev–Trinajstić information content (AvgIpc) is 3.16. The normalized spacial score (nSPS) is 15.4. The van der Waals surface area contributed by atoms with Crippen molar-refractivity contribution in [2.45, 2.75) is 51.8 Å². The molecule has 0 unspecified atom stereocenters. The van der Waals surface area contributed by atoms with Crippen molar-refractivity contribution in [2.75, 3.05) is 13.2 Å². The van der Waals surface area contributed by atoms with Gasteiger partial charge < -0.3 is 14.8 Å². The molecule has 1 aromatic rings. The molecule has 0 aliphatic heterocycles. The third-order valence-electron chi connectivity index (χ3n) is 2.91. The van der Waals surface area contributed by atoms with Gasteiger partial charge in [0, 0.05) is 18.2 Å². The van der Waals surface area contributed by atoms with Crippen molar-refractivity contribution in [3.63, 3.8) is 0 Å². The zero-order chi connectivity index (χ0) is 14.6. The van der Waals surface area contributed by atoms with Gasteiger partial charge in [0.2, 0.25) is 5.88 Å². The molecule has 1 saturated carbocycles. The number of hydrogen-bond acceptors (Lipinski definition) is 4. The van der Waals surface area contributed by atoms with E-state index < -0.39 is 0 Å². The molecule has 1 N–H and O–H groups in total. The fraction of sp³-hybridized carbons (Fsp3) is 0.667. The van der Waals surface area contributed by atoms with Crippen LogP contribution < -0.4 is 10.1 Å². The lowest BCUT2D eigenvalue weighted by molar-refractivity contribution is -0.0169. The van der Waals surface area contributed by atoms with E-state index in [0.29, 0.717) is 31.7 Å². The summed E-state index contributed by atoms with van der Waals surface area (Å²) >= 11 is 0. The number of hydrogen-bond donors (Lipinski definition) is 1. The first-order valence-electron chi connectivity index (χ1n) is 7.08. The molecule has 0 spiro atoms. The summed E-state index contributed by atoms with van der Waals surface area (Å²) < 4.78 is 24.4. The molecule has 0 bridgehead atoms. The molecular formula is C15H23FN2O2. The van der Waals surface area contributed by atoms with Crippen molar-refractivity contribution < 1.29 is 13.9 Å². The predicted octanol–water partition coefficient (Wildman–Crippen LogP) is 2.67. The zero-order valence-electron chi connectivity index (χ0n) is 12.4. The summed E-state index contributed by atoms with van der Waals surface area (Å²) in [5, 5.41) is 3.34. The van der Waals surface area contributed by atoms with E-state index in [1.165, 1.54) is 25.1 Å². The number of rotatable bonds is 7. The van der Waals surface area contributed by atoms with Gasteiger partial charge in [-0.3, -0.25) is 0 Å². The monoisotopic (exact) mass is 282 g/mol. The van der Waals surface area contributed by atoms with E-state index in [0.717, 1.165) is 5.56 Å². The molecule has 1 aromatic heterocycles. The van der Waals surface area contributed by atoms with Crippen LogP contribution in [0.3, 0.4) is 0 Å². The summed E-state index contributed by atoms with van der Waals surface area (Å²) in [6.07, 6.45) is 3.57. The van der Waals surface area contributed by atoms with Crippen LogP contribution in [0, 0.1) is 5.82 Å². The molecule has 0 amide bonds. The summed E-state index contributed by atoms with van der Waals surface area (Å²) in [7, 11) is 0. The molecule has 1 aliphatic rings. The van der Waals surface area contributed by atoms with Crippen molar-refractivity contribution in [1.29, 1.82) is 0 Å². The molecule has 20 heavy (non-hydrogen) atoms. The van der Waals surface area contributed by atoms with Crippen LogP contribution in [-0.4, -0.2) is 29.8 Å². The minimum absolute atomic E-state index is 0.185. The Kier molecular flexibility index (Phi) is 4.94. The lowest BCUT2D eigenvalue weighted by Crippen LogP contribution is -2.23. The summed E-state index contributed by atoms with van der Waals surface area (Å²) in [5.41, 5.74) is 0.573. The van der Waals surface area contributed by atoms with Gasteiger partial charge in [0.15, 0.2) is 0 Å². The minimum Gasteiger partial charge on any atom is -0.475 e. The fourth-order valence-corrected chi connectivity index (χ4v) is 1.75. The van der Waals surface area contributed by atoms with E-state index in [1.807, 2.05) is 20.8 Å². The Bertz CT molecular complexity index is 442. The largest absolute Gasteiger partial charge is 0.475 e. The summed E-state index contributed by atoms with van der Waals surface area (Å²) in [4.78, 5) is 4.02. The van der Waals surface area contributed by atoms with Gasteiger partial charge in [-0.2, -0.15) is 0 Å². The highest BCUT2D eigenvalue weighted by Crippen LogP contribution is 2.22. The van der Waals surface area contributed by atoms with Crippen molar-refractivity contribution in [2.24, 2.45) is 0 Å². The number of halogens is 1. The number of nitrogens with zero attached hydrogens (tertiary/aromatic N) is 1. The third kappa shape index (κ3) is 5.43. The van der Waals surface area contributed by atoms with Gasteiger partial charge in [-0.15, -0.1) is 0 Å². The highest BCUT2D eigenvalue weighted by molar-refractivity contribution is 5.26. The lowest BCUT2D eigenvalue weighted by atomic mass is 10.2. The van der Waals surface area contributed by atoms with Gasteiger partial charge in [-0.1, -0.05) is 0 Å². The minimum atomic E-state index is -0.337. The Balaban J connectivity index is 1.85. The van der Waals surface area contributed by atoms with E-state index in [1.54, 1.807) is 0 Å². The van der Waals surface area contributed by atoms with Crippen LogP contribution in [0.1, 0.15) is 39.2 Å². The van der Waals surface area contributed by atoms with Crippen molar-refractivity contribution in [3.8, 4) is 5.88 Å². The Morgan fingerprint density at radius 1 is 1.35 bits per heavy atom. The van der Waals surface area contributed by atoms with Crippen LogP contribution in [0.4, 0.5) is 4.39 Å². The lowest BCUT2D eigenvalue weighted by Gasteiger charge is -2.19. The van der Waals surface area contributed by atoms with Gasteiger partial charge in [0.25, 0.3) is 0 Å². The van der Waals surface area contributed by atoms with Crippen molar-refractivity contribution in [3.05, 3.63) is 23.6 Å². The summed E-state index contributed by atoms with van der Waals surface area (Å²) in [6.45, 7) is 7.46. The highest BCUT2D eigenvalue weighted by atomic mass is 19.1. The van der Waals surface area contributed by atoms with E-state index in [4.69, 9.17) is 9.47 Å². The molecule has 112 valence electrons. The molecule has 5 heteroatoms. The average molecular weight is 282 g/mol. The first-order valence-corrected chi connectivity index (χ1v) is 7.08. The maximum absolute atomic E-state index is 13.3. The van der Waals surface area contributed by atoms with Crippen LogP contribution in [-0.2, 0) is 11.3 Å². The molecule has 1 fully saturated rings. The fourth-order valence-electron chi connectivity index (χ4n) is 1.75. The smallest absolute Gasteiger partial charge is 0.218 e. The van der Waals surface area contributed by atoms with Gasteiger partial charge >= 0.3 is 0 Å². The molecule has 1 heterocycles. The Morgan fingerprint density at radius 2 is 2.10 bits per heavy atom. The second kappa shape index (κ2) is 6.50. The number of ether oxygens (including phenoxy) is 2. The molecule has 1 aliphatic carbocycles. The zero-order valence-corrected chi connectivity index (χ0v) is 12.4. The van der Waals surface area contributed by atoms with Crippen molar-refractivity contribution in [1.82, 2.24) is 10.3 Å². The second-order valence-corrected chi connectivity index (χ2v) is 6.08. The first-order chi connectivity index (χ1) is 9.44. The van der Waals surface area contributed by atoms with Gasteiger partial charge in [0.1, 0.15) is 12.4 Å². The van der Waals surface area contributed by atoms with E-state index in [-0.39, 0.29) is 11.4 Å². The topological polar surface area (TPSA) is 43.4 Å². The van der Waals surface area contributed by atoms with Crippen LogP contribution in [0.2, 0.25) is 0 Å². The quantitative estimate of drug-likeness (QED) is 0.781. The molecule has 0 saturated heterocycles. The Morgan fingerprint density at radius 3 is 2.75 bits per heavy atom. The number of aromatic nitrogens is 1. The second-order valence-electron chi connectivity index (χ2n) is 6.08.